The number of carbonyl (C=O) groups is 1. The Hall–Kier alpha value is -2.52. The van der Waals surface area contributed by atoms with Gasteiger partial charge in [0.15, 0.2) is 0 Å². The lowest BCUT2D eigenvalue weighted by Crippen LogP contribution is -2.34. The second kappa shape index (κ2) is 7.58. The maximum Gasteiger partial charge on any atom is 0.251 e. The van der Waals surface area contributed by atoms with Crippen LogP contribution in [-0.2, 0) is 21.2 Å². The first-order valence-electron chi connectivity index (χ1n) is 7.61. The minimum Gasteiger partial charge on any atom is -0.325 e. The van der Waals surface area contributed by atoms with E-state index in [2.05, 4.69) is 15.3 Å². The quantitative estimate of drug-likeness (QED) is 0.788. The zero-order valence-electron chi connectivity index (χ0n) is 14.2. The topological polar surface area (TPSA) is 112 Å². The van der Waals surface area contributed by atoms with Crippen molar-refractivity contribution in [2.24, 2.45) is 0 Å². The molecule has 0 unspecified atom stereocenters. The van der Waals surface area contributed by atoms with E-state index in [1.165, 1.54) is 13.1 Å². The molecule has 2 aromatic rings. The van der Waals surface area contributed by atoms with Crippen LogP contribution in [0.15, 0.2) is 35.1 Å². The van der Waals surface area contributed by atoms with Crippen LogP contribution in [0.5, 0.6) is 0 Å². The van der Waals surface area contributed by atoms with Gasteiger partial charge in [-0.05, 0) is 18.6 Å². The number of carbonyl (C=O) groups excluding carboxylic acids is 1. The molecule has 0 saturated carbocycles. The Bertz CT molecular complexity index is 937. The molecule has 0 aliphatic rings. The van der Waals surface area contributed by atoms with E-state index in [-0.39, 0.29) is 12.1 Å². The molecule has 0 fully saturated rings. The number of aromatic amines is 1. The van der Waals surface area contributed by atoms with Gasteiger partial charge < -0.3 is 10.3 Å². The highest BCUT2D eigenvalue weighted by Crippen LogP contribution is 2.19. The fourth-order valence-electron chi connectivity index (χ4n) is 2.09. The molecular formula is C16H20N4O4S. The molecule has 0 aliphatic carbocycles. The summed E-state index contributed by atoms with van der Waals surface area (Å²) in [5.74, 6) is -0.0532. The van der Waals surface area contributed by atoms with Crippen LogP contribution >= 0.6 is 0 Å². The van der Waals surface area contributed by atoms with E-state index in [1.54, 1.807) is 24.3 Å². The highest BCUT2D eigenvalue weighted by atomic mass is 32.2. The van der Waals surface area contributed by atoms with Crippen molar-refractivity contribution >= 4 is 21.6 Å². The van der Waals surface area contributed by atoms with Crippen molar-refractivity contribution in [3.8, 4) is 11.4 Å². The minimum absolute atomic E-state index is 0.244. The minimum atomic E-state index is -3.43. The van der Waals surface area contributed by atoms with E-state index >= 15 is 0 Å². The van der Waals surface area contributed by atoms with Crippen LogP contribution in [0.2, 0.25) is 0 Å². The molecule has 2 N–H and O–H groups in total. The zero-order valence-corrected chi connectivity index (χ0v) is 15.1. The van der Waals surface area contributed by atoms with Crippen LogP contribution in [0, 0.1) is 0 Å². The number of nitrogens with zero attached hydrogens (tertiary/aromatic N) is 2. The summed E-state index contributed by atoms with van der Waals surface area (Å²) in [5, 5.41) is 2.63. The largest absolute Gasteiger partial charge is 0.325 e. The number of benzene rings is 1. The number of hydrogen-bond acceptors (Lipinski definition) is 5. The third-order valence-corrected chi connectivity index (χ3v) is 4.77. The molecule has 2 rings (SSSR count). The molecule has 0 aliphatic heterocycles. The van der Waals surface area contributed by atoms with Crippen molar-refractivity contribution in [2.75, 3.05) is 25.2 Å². The average molecular weight is 364 g/mol. The van der Waals surface area contributed by atoms with Gasteiger partial charge in [-0.3, -0.25) is 9.59 Å². The Kier molecular flexibility index (Phi) is 5.70. The molecular weight excluding hydrogens is 344 g/mol. The van der Waals surface area contributed by atoms with Gasteiger partial charge in [-0.2, -0.15) is 4.31 Å². The maximum absolute atomic E-state index is 12.0. The van der Waals surface area contributed by atoms with E-state index in [0.717, 1.165) is 10.6 Å². The molecule has 9 heteroatoms. The van der Waals surface area contributed by atoms with Gasteiger partial charge in [-0.25, -0.2) is 13.4 Å². The molecule has 25 heavy (non-hydrogen) atoms. The molecule has 0 spiro atoms. The number of nitrogens with one attached hydrogen (secondary N) is 2. The first kappa shape index (κ1) is 18.8. The lowest BCUT2D eigenvalue weighted by Gasteiger charge is -2.14. The van der Waals surface area contributed by atoms with Gasteiger partial charge in [0, 0.05) is 30.1 Å². The molecule has 0 atom stereocenters. The van der Waals surface area contributed by atoms with E-state index in [9.17, 15) is 18.0 Å². The van der Waals surface area contributed by atoms with Crippen molar-refractivity contribution in [2.45, 2.75) is 13.3 Å². The Balaban J connectivity index is 2.21. The number of hydrogen-bond donors (Lipinski definition) is 2. The Morgan fingerprint density at radius 1 is 1.32 bits per heavy atom. The standard InChI is InChI=1S/C16H20N4O4S/c1-4-12-9-14(21)19-16(18-12)11-6-5-7-13(8-11)17-15(22)10-20(2)25(3,23)24/h5-9H,4,10H2,1-3H3,(H,17,22)(H,18,19,21). The summed E-state index contributed by atoms with van der Waals surface area (Å²) >= 11 is 0. The predicted octanol–water partition coefficient (Wildman–Crippen LogP) is 0.829. The smallest absolute Gasteiger partial charge is 0.251 e. The number of rotatable bonds is 6. The van der Waals surface area contributed by atoms with Gasteiger partial charge >= 0.3 is 0 Å². The molecule has 1 aromatic heterocycles. The summed E-state index contributed by atoms with van der Waals surface area (Å²) in [5.41, 5.74) is 1.55. The fourth-order valence-corrected chi connectivity index (χ4v) is 2.44. The first-order chi connectivity index (χ1) is 11.7. The summed E-state index contributed by atoms with van der Waals surface area (Å²) < 4.78 is 23.7. The van der Waals surface area contributed by atoms with Crippen molar-refractivity contribution in [3.63, 3.8) is 0 Å². The SMILES string of the molecule is CCc1cc(=O)[nH]c(-c2cccc(NC(=O)CN(C)S(C)(=O)=O)c2)n1. The van der Waals surface area contributed by atoms with Gasteiger partial charge in [0.1, 0.15) is 5.82 Å². The lowest BCUT2D eigenvalue weighted by atomic mass is 10.1. The first-order valence-corrected chi connectivity index (χ1v) is 9.45. The van der Waals surface area contributed by atoms with Crippen LogP contribution in [0.3, 0.4) is 0 Å². The predicted molar refractivity (Wildman–Crippen MR) is 95.8 cm³/mol. The number of sulfonamides is 1. The van der Waals surface area contributed by atoms with Gasteiger partial charge in [0.05, 0.1) is 12.8 Å². The lowest BCUT2D eigenvalue weighted by molar-refractivity contribution is -0.116. The third-order valence-electron chi connectivity index (χ3n) is 3.51. The van der Waals surface area contributed by atoms with Crippen molar-refractivity contribution in [1.82, 2.24) is 14.3 Å². The summed E-state index contributed by atoms with van der Waals surface area (Å²) in [7, 11) is -2.10. The molecule has 1 amide bonds. The second-order valence-electron chi connectivity index (χ2n) is 5.59. The zero-order chi connectivity index (χ0) is 18.6. The summed E-state index contributed by atoms with van der Waals surface area (Å²) in [6.45, 7) is 1.62. The van der Waals surface area contributed by atoms with Gasteiger partial charge in [-0.1, -0.05) is 19.1 Å². The number of anilines is 1. The average Bonchev–Trinajstić information content (AvgIpc) is 2.53. The molecule has 8 nitrogen and oxygen atoms in total. The highest BCUT2D eigenvalue weighted by molar-refractivity contribution is 7.88. The van der Waals surface area contributed by atoms with Crippen LogP contribution < -0.4 is 10.9 Å². The molecule has 0 saturated heterocycles. The van der Waals surface area contributed by atoms with Crippen LogP contribution in [0.25, 0.3) is 11.4 Å². The number of H-pyrrole nitrogens is 1. The normalized spacial score (nSPS) is 11.5. The highest BCUT2D eigenvalue weighted by Gasteiger charge is 2.15. The summed E-state index contributed by atoms with van der Waals surface area (Å²) in [6, 6.07) is 8.25. The van der Waals surface area contributed by atoms with E-state index in [0.29, 0.717) is 29.2 Å². The van der Waals surface area contributed by atoms with Crippen molar-refractivity contribution < 1.29 is 13.2 Å². The van der Waals surface area contributed by atoms with Crippen LogP contribution in [0.4, 0.5) is 5.69 Å². The number of aromatic nitrogens is 2. The third kappa shape index (κ3) is 5.23. The summed E-state index contributed by atoms with van der Waals surface area (Å²) in [6.07, 6.45) is 1.66. The van der Waals surface area contributed by atoms with Gasteiger partial charge in [0.2, 0.25) is 15.9 Å². The Morgan fingerprint density at radius 2 is 2.04 bits per heavy atom. The van der Waals surface area contributed by atoms with Crippen molar-refractivity contribution in [1.29, 1.82) is 0 Å². The molecule has 0 bridgehead atoms. The molecule has 1 aromatic carbocycles. The Labute approximate surface area is 146 Å². The van der Waals surface area contributed by atoms with Gasteiger partial charge in [0.25, 0.3) is 5.56 Å². The number of amides is 1. The summed E-state index contributed by atoms with van der Waals surface area (Å²) in [4.78, 5) is 30.7. The molecule has 0 radical (unpaired) electrons. The maximum atomic E-state index is 12.0. The van der Waals surface area contributed by atoms with Crippen molar-refractivity contribution in [3.05, 3.63) is 46.4 Å². The van der Waals surface area contributed by atoms with E-state index < -0.39 is 15.9 Å². The number of likely N-dealkylation sites (N-methyl/N-ethyl adjacent to an activating group) is 1. The van der Waals surface area contributed by atoms with Gasteiger partial charge in [-0.15, -0.1) is 0 Å². The molecule has 1 heterocycles. The Morgan fingerprint density at radius 3 is 2.68 bits per heavy atom. The monoisotopic (exact) mass is 364 g/mol. The number of aryl methyl sites for hydroxylation is 1. The van der Waals surface area contributed by atoms with Crippen LogP contribution in [0.1, 0.15) is 12.6 Å². The molecule has 134 valence electrons. The van der Waals surface area contributed by atoms with E-state index in [4.69, 9.17) is 0 Å². The van der Waals surface area contributed by atoms with E-state index in [1.807, 2.05) is 6.92 Å². The second-order valence-corrected chi connectivity index (χ2v) is 7.68. The fraction of sp³-hybridized carbons (Fsp3) is 0.312. The van der Waals surface area contributed by atoms with Crippen LogP contribution in [-0.4, -0.2) is 48.4 Å².